The summed E-state index contributed by atoms with van der Waals surface area (Å²) in [5, 5.41) is 4.41. The fourth-order valence-electron chi connectivity index (χ4n) is 4.26. The second-order valence-corrected chi connectivity index (χ2v) is 9.74. The Bertz CT molecular complexity index is 1170. The zero-order valence-electron chi connectivity index (χ0n) is 19.1. The Morgan fingerprint density at radius 2 is 1.78 bits per heavy atom. The van der Waals surface area contributed by atoms with Crippen LogP contribution in [0.4, 0.5) is 11.4 Å². The molecule has 0 unspecified atom stereocenters. The van der Waals surface area contributed by atoms with Crippen molar-refractivity contribution >= 4 is 28.2 Å². The highest BCUT2D eigenvalue weighted by molar-refractivity contribution is 5.80. The van der Waals surface area contributed by atoms with Crippen molar-refractivity contribution in [2.24, 2.45) is 11.7 Å². The normalized spacial score (nSPS) is 15.2. The molecule has 32 heavy (non-hydrogen) atoms. The van der Waals surface area contributed by atoms with Crippen molar-refractivity contribution in [3.63, 3.8) is 0 Å². The summed E-state index contributed by atoms with van der Waals surface area (Å²) in [6.45, 7) is 8.69. The average molecular weight is 433 g/mol. The maximum absolute atomic E-state index is 12.5. The average Bonchev–Trinajstić information content (AvgIpc) is 2.77. The first-order valence-corrected chi connectivity index (χ1v) is 11.3. The lowest BCUT2D eigenvalue weighted by molar-refractivity contribution is -0.122. The summed E-state index contributed by atoms with van der Waals surface area (Å²) in [5.74, 6) is -0.200. The Hall–Kier alpha value is -3.28. The lowest BCUT2D eigenvalue weighted by Gasteiger charge is -2.32. The van der Waals surface area contributed by atoms with Crippen molar-refractivity contribution < 1.29 is 4.79 Å². The number of aromatic nitrogens is 1. The van der Waals surface area contributed by atoms with Crippen molar-refractivity contribution in [2.75, 3.05) is 23.3 Å². The zero-order valence-corrected chi connectivity index (χ0v) is 19.1. The minimum Gasteiger partial charge on any atom is -0.381 e. The second kappa shape index (κ2) is 8.69. The van der Waals surface area contributed by atoms with E-state index in [4.69, 9.17) is 5.73 Å². The number of nitrogens with two attached hydrogens (primary N) is 1. The van der Waals surface area contributed by atoms with E-state index in [1.807, 2.05) is 24.3 Å². The maximum atomic E-state index is 12.5. The Morgan fingerprint density at radius 3 is 2.41 bits per heavy atom. The molecule has 1 aliphatic heterocycles. The van der Waals surface area contributed by atoms with Crippen LogP contribution in [-0.4, -0.2) is 24.0 Å². The fourth-order valence-corrected chi connectivity index (χ4v) is 4.26. The largest absolute Gasteiger partial charge is 0.381 e. The minimum absolute atomic E-state index is 0.00767. The maximum Gasteiger partial charge on any atom is 0.253 e. The number of rotatable bonds is 5. The number of piperidine rings is 1. The summed E-state index contributed by atoms with van der Waals surface area (Å²) >= 11 is 0. The van der Waals surface area contributed by atoms with E-state index in [0.717, 1.165) is 48.2 Å². The second-order valence-electron chi connectivity index (χ2n) is 9.74. The van der Waals surface area contributed by atoms with Crippen LogP contribution in [0, 0.1) is 5.92 Å². The molecule has 6 nitrogen and oxygen atoms in total. The molecule has 1 amide bonds. The van der Waals surface area contributed by atoms with Gasteiger partial charge in [0, 0.05) is 48.0 Å². The predicted molar refractivity (Wildman–Crippen MR) is 131 cm³/mol. The number of aromatic amines is 1. The predicted octanol–water partition coefficient (Wildman–Crippen LogP) is 4.14. The number of anilines is 2. The lowest BCUT2D eigenvalue weighted by Crippen LogP contribution is -2.38. The van der Waals surface area contributed by atoms with Gasteiger partial charge < -0.3 is 20.9 Å². The monoisotopic (exact) mass is 432 g/mol. The van der Waals surface area contributed by atoms with Crippen LogP contribution in [0.5, 0.6) is 0 Å². The van der Waals surface area contributed by atoms with Crippen LogP contribution >= 0.6 is 0 Å². The topological polar surface area (TPSA) is 91.2 Å². The van der Waals surface area contributed by atoms with Crippen molar-refractivity contribution in [1.82, 2.24) is 4.98 Å². The van der Waals surface area contributed by atoms with Gasteiger partial charge in [-0.25, -0.2) is 0 Å². The van der Waals surface area contributed by atoms with Gasteiger partial charge in [0.2, 0.25) is 5.91 Å². The molecule has 0 spiro atoms. The number of pyridine rings is 1. The summed E-state index contributed by atoms with van der Waals surface area (Å²) in [4.78, 5) is 29.2. The number of fused-ring (bicyclic) bond motifs is 1. The van der Waals surface area contributed by atoms with Gasteiger partial charge >= 0.3 is 0 Å². The molecule has 0 aliphatic carbocycles. The number of amides is 1. The molecule has 0 atom stereocenters. The molecule has 2 aromatic carbocycles. The highest BCUT2D eigenvalue weighted by Gasteiger charge is 2.23. The molecule has 3 aromatic rings. The molecule has 0 radical (unpaired) electrons. The van der Waals surface area contributed by atoms with E-state index in [-0.39, 0.29) is 22.8 Å². The van der Waals surface area contributed by atoms with Crippen LogP contribution < -0.4 is 21.5 Å². The van der Waals surface area contributed by atoms with Crippen molar-refractivity contribution in [1.29, 1.82) is 0 Å². The number of carbonyl (C=O) groups excluding carboxylic acids is 1. The number of H-pyrrole nitrogens is 1. The van der Waals surface area contributed by atoms with Gasteiger partial charge in [0.25, 0.3) is 5.56 Å². The number of hydrogen-bond acceptors (Lipinski definition) is 4. The molecule has 1 aromatic heterocycles. The van der Waals surface area contributed by atoms with Gasteiger partial charge in [-0.2, -0.15) is 0 Å². The quantitative estimate of drug-likeness (QED) is 0.565. The summed E-state index contributed by atoms with van der Waals surface area (Å²) < 4.78 is 0. The summed E-state index contributed by atoms with van der Waals surface area (Å²) in [7, 11) is 0. The number of hydrogen-bond donors (Lipinski definition) is 3. The Labute approximate surface area is 188 Å². The Morgan fingerprint density at radius 1 is 1.09 bits per heavy atom. The van der Waals surface area contributed by atoms with Crippen LogP contribution in [0.15, 0.2) is 53.3 Å². The zero-order chi connectivity index (χ0) is 22.9. The molecule has 1 aliphatic rings. The smallest absolute Gasteiger partial charge is 0.253 e. The van der Waals surface area contributed by atoms with Crippen LogP contribution in [-0.2, 0) is 16.8 Å². The first-order valence-electron chi connectivity index (χ1n) is 11.3. The van der Waals surface area contributed by atoms with Crippen molar-refractivity contribution in [3.8, 4) is 0 Å². The third-order valence-corrected chi connectivity index (χ3v) is 6.40. The molecule has 2 heterocycles. The van der Waals surface area contributed by atoms with E-state index < -0.39 is 0 Å². The van der Waals surface area contributed by atoms with Crippen molar-refractivity contribution in [3.05, 3.63) is 70.0 Å². The van der Waals surface area contributed by atoms with Crippen LogP contribution in [0.2, 0.25) is 0 Å². The van der Waals surface area contributed by atoms with Crippen LogP contribution in [0.3, 0.4) is 0 Å². The van der Waals surface area contributed by atoms with E-state index in [0.29, 0.717) is 12.1 Å². The fraction of sp³-hybridized carbons (Fsp3) is 0.385. The summed E-state index contributed by atoms with van der Waals surface area (Å²) in [5.41, 5.74) is 10.3. The number of nitrogens with zero attached hydrogens (tertiary/aromatic N) is 1. The van der Waals surface area contributed by atoms with Gasteiger partial charge in [-0.3, -0.25) is 9.59 Å². The molecule has 0 bridgehead atoms. The molecular formula is C26H32N4O2. The summed E-state index contributed by atoms with van der Waals surface area (Å²) in [6, 6.07) is 16.4. The first-order chi connectivity index (χ1) is 15.2. The molecule has 4 N–H and O–H groups in total. The number of benzene rings is 2. The molecule has 0 saturated carbocycles. The summed E-state index contributed by atoms with van der Waals surface area (Å²) in [6.07, 6.45) is 1.61. The highest BCUT2D eigenvalue weighted by Crippen LogP contribution is 2.26. The first kappa shape index (κ1) is 21.9. The van der Waals surface area contributed by atoms with Crippen LogP contribution in [0.1, 0.15) is 44.7 Å². The Kier molecular flexibility index (Phi) is 5.96. The van der Waals surface area contributed by atoms with Gasteiger partial charge in [0.15, 0.2) is 0 Å². The van der Waals surface area contributed by atoms with E-state index in [9.17, 15) is 9.59 Å². The molecule has 1 fully saturated rings. The van der Waals surface area contributed by atoms with Gasteiger partial charge in [0.1, 0.15) is 0 Å². The molecule has 6 heteroatoms. The van der Waals surface area contributed by atoms with Gasteiger partial charge in [-0.15, -0.1) is 0 Å². The molecule has 4 rings (SSSR count). The van der Waals surface area contributed by atoms with E-state index in [2.05, 4.69) is 60.2 Å². The van der Waals surface area contributed by atoms with Gasteiger partial charge in [0.05, 0.1) is 0 Å². The van der Waals surface area contributed by atoms with Gasteiger partial charge in [-0.05, 0) is 71.7 Å². The minimum atomic E-state index is -0.192. The number of primary amides is 1. The molecular weight excluding hydrogens is 400 g/mol. The van der Waals surface area contributed by atoms with E-state index >= 15 is 0 Å². The standard InChI is InChI=1S/C26H32N4O2/c1-26(2,3)20-4-9-23-18(15-20)14-19(25(32)29-23)16-28-21-5-7-22(8-6-21)30-12-10-17(11-13-30)24(27)31/h4-9,14-15,17,28H,10-13,16H2,1-3H3,(H2,27,31)(H,29,32). The lowest BCUT2D eigenvalue weighted by atomic mass is 9.86. The Balaban J connectivity index is 1.43. The molecule has 1 saturated heterocycles. The SMILES string of the molecule is CC(C)(C)c1ccc2[nH]c(=O)c(CNc3ccc(N4CCC(C(N)=O)CC4)cc3)cc2c1. The van der Waals surface area contributed by atoms with Crippen molar-refractivity contribution in [2.45, 2.75) is 45.6 Å². The van der Waals surface area contributed by atoms with E-state index in [1.54, 1.807) is 0 Å². The third-order valence-electron chi connectivity index (χ3n) is 6.40. The number of carbonyl (C=O) groups is 1. The number of nitrogens with one attached hydrogen (secondary N) is 2. The highest BCUT2D eigenvalue weighted by atomic mass is 16.1. The van der Waals surface area contributed by atoms with Gasteiger partial charge in [-0.1, -0.05) is 26.8 Å². The molecule has 168 valence electrons. The van der Waals surface area contributed by atoms with E-state index in [1.165, 1.54) is 5.56 Å². The third kappa shape index (κ3) is 4.79. The van der Waals surface area contributed by atoms with Crippen LogP contribution in [0.25, 0.3) is 10.9 Å².